The highest BCUT2D eigenvalue weighted by Gasteiger charge is 2.49. The van der Waals surface area contributed by atoms with Crippen molar-refractivity contribution in [3.8, 4) is 5.40 Å². The smallest absolute Gasteiger partial charge is 0.113 e. The van der Waals surface area contributed by atoms with Gasteiger partial charge in [0.1, 0.15) is 5.40 Å². The second-order valence-electron chi connectivity index (χ2n) is 3.42. The first kappa shape index (κ1) is 7.94. The fourth-order valence-corrected chi connectivity index (χ4v) is 3.20. The van der Waals surface area contributed by atoms with Gasteiger partial charge < -0.3 is 0 Å². The Bertz CT molecular complexity index is 178. The minimum absolute atomic E-state index is 0.427. The Kier molecular flexibility index (Phi) is 1.72. The molecule has 0 aromatic heterocycles. The number of nitriles is 1. The van der Waals surface area contributed by atoms with Crippen LogP contribution in [0.4, 0.5) is 0 Å². The van der Waals surface area contributed by atoms with Gasteiger partial charge in [-0.1, -0.05) is 13.8 Å². The van der Waals surface area contributed by atoms with E-state index in [-0.39, 0.29) is 0 Å². The van der Waals surface area contributed by atoms with Crippen molar-refractivity contribution < 1.29 is 0 Å². The maximum absolute atomic E-state index is 8.95. The summed E-state index contributed by atoms with van der Waals surface area (Å²) in [7, 11) is -0.914. The Labute approximate surface area is 64.7 Å². The number of nitrogens with zero attached hydrogens (tertiary/aromatic N) is 1. The van der Waals surface area contributed by atoms with Crippen molar-refractivity contribution in [2.24, 2.45) is 0 Å². The summed E-state index contributed by atoms with van der Waals surface area (Å²) in [6, 6.07) is 0. The standard InChI is InChI=1S/C8H15NS/c1-4-10(3,7-9)8(2)5-6-8/h4-6H2,1-3H3. The fourth-order valence-electron chi connectivity index (χ4n) is 1.15. The summed E-state index contributed by atoms with van der Waals surface area (Å²) in [6.07, 6.45) is 4.72. The number of hydrogen-bond acceptors (Lipinski definition) is 1. The lowest BCUT2D eigenvalue weighted by Gasteiger charge is -2.33. The van der Waals surface area contributed by atoms with Crippen LogP contribution in [0, 0.1) is 10.7 Å². The Balaban J connectivity index is 2.76. The van der Waals surface area contributed by atoms with Crippen LogP contribution in [0.5, 0.6) is 0 Å². The minimum Gasteiger partial charge on any atom is -0.187 e. The van der Waals surface area contributed by atoms with Gasteiger partial charge in [-0.3, -0.25) is 0 Å². The molecule has 0 radical (unpaired) electrons. The molecule has 1 atom stereocenters. The quantitative estimate of drug-likeness (QED) is 0.565. The Morgan fingerprint density at radius 1 is 1.60 bits per heavy atom. The molecule has 1 aliphatic rings. The van der Waals surface area contributed by atoms with Gasteiger partial charge in [0.05, 0.1) is 0 Å². The van der Waals surface area contributed by atoms with E-state index in [1.54, 1.807) is 0 Å². The van der Waals surface area contributed by atoms with Crippen LogP contribution < -0.4 is 0 Å². The first-order valence-electron chi connectivity index (χ1n) is 3.74. The van der Waals surface area contributed by atoms with E-state index in [4.69, 9.17) is 5.26 Å². The van der Waals surface area contributed by atoms with E-state index in [0.717, 1.165) is 5.75 Å². The van der Waals surface area contributed by atoms with E-state index in [1.165, 1.54) is 12.8 Å². The van der Waals surface area contributed by atoms with Crippen molar-refractivity contribution in [1.82, 2.24) is 0 Å². The topological polar surface area (TPSA) is 23.8 Å². The van der Waals surface area contributed by atoms with Crippen molar-refractivity contribution in [3.63, 3.8) is 0 Å². The van der Waals surface area contributed by atoms with Crippen LogP contribution >= 0.6 is 10.0 Å². The zero-order chi connectivity index (χ0) is 7.83. The molecule has 0 saturated heterocycles. The molecule has 0 aromatic rings. The van der Waals surface area contributed by atoms with Gasteiger partial charge in [0.2, 0.25) is 0 Å². The predicted octanol–water partition coefficient (Wildman–Crippen LogP) is 2.47. The van der Waals surface area contributed by atoms with Crippen LogP contribution in [0.2, 0.25) is 0 Å². The average molecular weight is 157 g/mol. The Morgan fingerprint density at radius 2 is 2.10 bits per heavy atom. The van der Waals surface area contributed by atoms with Crippen LogP contribution in [0.25, 0.3) is 0 Å². The molecule has 0 aliphatic heterocycles. The highest BCUT2D eigenvalue weighted by Crippen LogP contribution is 2.67. The largest absolute Gasteiger partial charge is 0.187 e. The van der Waals surface area contributed by atoms with E-state index >= 15 is 0 Å². The van der Waals surface area contributed by atoms with Gasteiger partial charge in [0.15, 0.2) is 0 Å². The molecular formula is C8H15NS. The SMILES string of the molecule is CCS(C)(C#N)C1(C)CC1. The third-order valence-corrected chi connectivity index (χ3v) is 6.96. The zero-order valence-corrected chi connectivity index (χ0v) is 7.79. The summed E-state index contributed by atoms with van der Waals surface area (Å²) in [6.45, 7) is 4.40. The lowest BCUT2D eigenvalue weighted by Crippen LogP contribution is -2.15. The first-order valence-corrected chi connectivity index (χ1v) is 5.95. The molecule has 0 amide bonds. The maximum Gasteiger partial charge on any atom is 0.113 e. The lowest BCUT2D eigenvalue weighted by molar-refractivity contribution is 1.03. The van der Waals surface area contributed by atoms with Gasteiger partial charge in [0.25, 0.3) is 0 Å². The summed E-state index contributed by atoms with van der Waals surface area (Å²) >= 11 is 0. The Morgan fingerprint density at radius 3 is 2.20 bits per heavy atom. The number of rotatable bonds is 2. The minimum atomic E-state index is -0.914. The van der Waals surface area contributed by atoms with Crippen LogP contribution in [-0.2, 0) is 0 Å². The van der Waals surface area contributed by atoms with Gasteiger partial charge in [-0.25, -0.2) is 0 Å². The predicted molar refractivity (Wildman–Crippen MR) is 47.3 cm³/mol. The number of hydrogen-bond donors (Lipinski definition) is 0. The molecule has 1 rings (SSSR count). The summed E-state index contributed by atoms with van der Waals surface area (Å²) in [5.41, 5.74) is 0. The van der Waals surface area contributed by atoms with Gasteiger partial charge in [-0.2, -0.15) is 5.26 Å². The molecule has 1 saturated carbocycles. The lowest BCUT2D eigenvalue weighted by atomic mass is 10.5. The second kappa shape index (κ2) is 2.17. The molecule has 1 unspecified atom stereocenters. The molecule has 10 heavy (non-hydrogen) atoms. The molecule has 1 fully saturated rings. The molecule has 58 valence electrons. The van der Waals surface area contributed by atoms with Gasteiger partial charge in [-0.05, 0) is 24.9 Å². The molecular weight excluding hydrogens is 142 g/mol. The zero-order valence-electron chi connectivity index (χ0n) is 6.98. The molecule has 2 heteroatoms. The second-order valence-corrected chi connectivity index (χ2v) is 7.34. The first-order chi connectivity index (χ1) is 4.58. The maximum atomic E-state index is 8.95. The third kappa shape index (κ3) is 0.932. The molecule has 0 spiro atoms. The third-order valence-electron chi connectivity index (χ3n) is 2.82. The van der Waals surface area contributed by atoms with E-state index < -0.39 is 10.0 Å². The van der Waals surface area contributed by atoms with Crippen molar-refractivity contribution in [2.45, 2.75) is 31.4 Å². The van der Waals surface area contributed by atoms with Crippen LogP contribution in [0.3, 0.4) is 0 Å². The number of thiocyanates is 1. The molecule has 0 N–H and O–H groups in total. The van der Waals surface area contributed by atoms with E-state index in [1.807, 2.05) is 0 Å². The molecule has 0 heterocycles. The van der Waals surface area contributed by atoms with E-state index in [2.05, 4.69) is 25.5 Å². The van der Waals surface area contributed by atoms with Gasteiger partial charge in [-0.15, -0.1) is 10.0 Å². The normalized spacial score (nSPS) is 29.8. The molecule has 0 bridgehead atoms. The van der Waals surface area contributed by atoms with Crippen molar-refractivity contribution in [1.29, 1.82) is 5.26 Å². The van der Waals surface area contributed by atoms with Crippen molar-refractivity contribution in [3.05, 3.63) is 0 Å². The van der Waals surface area contributed by atoms with E-state index in [9.17, 15) is 0 Å². The van der Waals surface area contributed by atoms with Crippen LogP contribution in [0.15, 0.2) is 0 Å². The molecule has 1 aliphatic carbocycles. The van der Waals surface area contributed by atoms with Crippen LogP contribution in [0.1, 0.15) is 26.7 Å². The highest BCUT2D eigenvalue weighted by atomic mass is 32.3. The highest BCUT2D eigenvalue weighted by molar-refractivity contribution is 8.38. The summed E-state index contributed by atoms with van der Waals surface area (Å²) in [4.78, 5) is 0. The Hall–Kier alpha value is -0.160. The van der Waals surface area contributed by atoms with Crippen molar-refractivity contribution >= 4 is 10.0 Å². The summed E-state index contributed by atoms with van der Waals surface area (Å²) in [5.74, 6) is 1.07. The average Bonchev–Trinajstić information content (AvgIpc) is 2.68. The van der Waals surface area contributed by atoms with Gasteiger partial charge in [0, 0.05) is 4.75 Å². The van der Waals surface area contributed by atoms with Crippen molar-refractivity contribution in [2.75, 3.05) is 12.0 Å². The monoisotopic (exact) mass is 157 g/mol. The molecule has 1 nitrogen and oxygen atoms in total. The van der Waals surface area contributed by atoms with E-state index in [0.29, 0.717) is 4.75 Å². The summed E-state index contributed by atoms with van der Waals surface area (Å²) in [5, 5.41) is 11.5. The summed E-state index contributed by atoms with van der Waals surface area (Å²) < 4.78 is 0.427. The fraction of sp³-hybridized carbons (Fsp3) is 0.875. The van der Waals surface area contributed by atoms with Crippen LogP contribution in [-0.4, -0.2) is 16.8 Å². The molecule has 0 aromatic carbocycles. The van der Waals surface area contributed by atoms with Gasteiger partial charge >= 0.3 is 0 Å².